The molecule has 1 N–H and O–H groups in total. The number of pyridine rings is 1. The molecule has 1 aliphatic rings. The molecule has 3 aromatic rings. The first-order valence-electron chi connectivity index (χ1n) is 10.2. The van der Waals surface area contributed by atoms with Crippen LogP contribution in [0.1, 0.15) is 34.5 Å². The van der Waals surface area contributed by atoms with Gasteiger partial charge >= 0.3 is 5.97 Å². The van der Waals surface area contributed by atoms with Crippen LogP contribution in [-0.2, 0) is 34.1 Å². The van der Waals surface area contributed by atoms with Gasteiger partial charge in [-0.2, -0.15) is 5.10 Å². The lowest BCUT2D eigenvalue weighted by Crippen LogP contribution is -2.28. The topological polar surface area (TPSA) is 103 Å². The van der Waals surface area contributed by atoms with Crippen molar-refractivity contribution in [2.75, 3.05) is 13.7 Å². The van der Waals surface area contributed by atoms with Gasteiger partial charge in [-0.15, -0.1) is 0 Å². The molecule has 0 radical (unpaired) electrons. The van der Waals surface area contributed by atoms with Crippen molar-refractivity contribution in [2.45, 2.75) is 37.1 Å². The summed E-state index contributed by atoms with van der Waals surface area (Å²) in [4.78, 5) is 16.1. The van der Waals surface area contributed by atoms with Crippen LogP contribution in [0.25, 0.3) is 11.4 Å². The molecule has 0 unspecified atom stereocenters. The van der Waals surface area contributed by atoms with Crippen molar-refractivity contribution in [3.8, 4) is 11.4 Å². The van der Waals surface area contributed by atoms with Crippen LogP contribution in [0.4, 0.5) is 0 Å². The molecule has 2 heterocycles. The number of hydrogen-bond acceptors (Lipinski definition) is 6. The van der Waals surface area contributed by atoms with Crippen molar-refractivity contribution in [1.82, 2.24) is 19.5 Å². The monoisotopic (exact) mass is 440 g/mol. The molecule has 0 saturated heterocycles. The van der Waals surface area contributed by atoms with Gasteiger partial charge in [0.2, 0.25) is 10.0 Å². The number of methoxy groups -OCH3 is 1. The van der Waals surface area contributed by atoms with E-state index in [1.165, 1.54) is 36.9 Å². The van der Waals surface area contributed by atoms with E-state index in [-0.39, 0.29) is 11.4 Å². The molecule has 0 spiro atoms. The average Bonchev–Trinajstić information content (AvgIpc) is 3.18. The second kappa shape index (κ2) is 8.99. The third-order valence-corrected chi connectivity index (χ3v) is 6.84. The highest BCUT2D eigenvalue weighted by Gasteiger charge is 2.22. The van der Waals surface area contributed by atoms with Crippen LogP contribution in [0.3, 0.4) is 0 Å². The molecule has 8 nitrogen and oxygen atoms in total. The lowest BCUT2D eigenvalue weighted by Gasteiger charge is -2.14. The van der Waals surface area contributed by atoms with E-state index in [9.17, 15) is 13.2 Å². The zero-order valence-corrected chi connectivity index (χ0v) is 18.1. The summed E-state index contributed by atoms with van der Waals surface area (Å²) in [5.41, 5.74) is 4.40. The number of ether oxygens (including phenoxy) is 1. The van der Waals surface area contributed by atoms with Gasteiger partial charge in [-0.25, -0.2) is 17.9 Å². The van der Waals surface area contributed by atoms with E-state index in [4.69, 9.17) is 5.10 Å². The number of carbonyl (C=O) groups is 1. The number of fused-ring (bicyclic) bond motifs is 1. The standard InChI is InChI=1S/C22H24N4O4S/c1-30-22(27)16-9-11-17(12-10-16)31(28,29)24-14-15-26-20-8-3-2-6-18(20)21(25-26)19-7-4-5-13-23-19/h4-5,7,9-13,24H,2-3,6,8,14-15H2,1H3. The maximum Gasteiger partial charge on any atom is 0.337 e. The predicted octanol–water partition coefficient (Wildman–Crippen LogP) is 2.59. The number of aromatic nitrogens is 3. The number of esters is 1. The number of rotatable bonds is 7. The molecule has 9 heteroatoms. The first kappa shape index (κ1) is 21.2. The predicted molar refractivity (Wildman–Crippen MR) is 115 cm³/mol. The Morgan fingerprint density at radius 3 is 2.61 bits per heavy atom. The number of carbonyl (C=O) groups excluding carboxylic acids is 1. The van der Waals surface area contributed by atoms with Crippen LogP contribution in [-0.4, -0.2) is 42.8 Å². The van der Waals surface area contributed by atoms with E-state index in [0.717, 1.165) is 42.8 Å². The SMILES string of the molecule is COC(=O)c1ccc(S(=O)(=O)NCCn2nc(-c3ccccn3)c3c2CCCC3)cc1. The van der Waals surface area contributed by atoms with Gasteiger partial charge < -0.3 is 4.74 Å². The molecule has 162 valence electrons. The minimum Gasteiger partial charge on any atom is -0.465 e. The number of nitrogens with one attached hydrogen (secondary N) is 1. The van der Waals surface area contributed by atoms with E-state index >= 15 is 0 Å². The van der Waals surface area contributed by atoms with Crippen molar-refractivity contribution >= 4 is 16.0 Å². The summed E-state index contributed by atoms with van der Waals surface area (Å²) >= 11 is 0. The number of benzene rings is 1. The molecule has 0 aliphatic heterocycles. The van der Waals surface area contributed by atoms with Gasteiger partial charge in [0, 0.05) is 24.0 Å². The van der Waals surface area contributed by atoms with Crippen LogP contribution in [0.5, 0.6) is 0 Å². The van der Waals surface area contributed by atoms with Crippen molar-refractivity contribution in [3.63, 3.8) is 0 Å². The Bertz CT molecular complexity index is 1170. The quantitative estimate of drug-likeness (QED) is 0.567. The Labute approximate surface area is 181 Å². The molecule has 0 amide bonds. The summed E-state index contributed by atoms with van der Waals surface area (Å²) in [5.74, 6) is -0.510. The van der Waals surface area contributed by atoms with Crippen LogP contribution in [0.15, 0.2) is 53.6 Å². The van der Waals surface area contributed by atoms with E-state index in [2.05, 4.69) is 14.4 Å². The smallest absolute Gasteiger partial charge is 0.337 e. The molecule has 0 bridgehead atoms. The highest BCUT2D eigenvalue weighted by atomic mass is 32.2. The summed E-state index contributed by atoms with van der Waals surface area (Å²) in [6.45, 7) is 0.630. The van der Waals surface area contributed by atoms with Crippen molar-refractivity contribution in [1.29, 1.82) is 0 Å². The fraction of sp³-hybridized carbons (Fsp3) is 0.318. The first-order valence-corrected chi connectivity index (χ1v) is 11.7. The Hall–Kier alpha value is -3.04. The second-order valence-electron chi connectivity index (χ2n) is 7.33. The molecule has 2 aromatic heterocycles. The van der Waals surface area contributed by atoms with Crippen LogP contribution < -0.4 is 4.72 Å². The minimum absolute atomic E-state index is 0.0943. The summed E-state index contributed by atoms with van der Waals surface area (Å²) < 4.78 is 34.4. The van der Waals surface area contributed by atoms with Gasteiger partial charge in [-0.1, -0.05) is 6.07 Å². The maximum absolute atomic E-state index is 12.6. The third kappa shape index (κ3) is 4.52. The Balaban J connectivity index is 1.48. The third-order valence-electron chi connectivity index (χ3n) is 5.37. The van der Waals surface area contributed by atoms with Crippen molar-refractivity contribution in [3.05, 3.63) is 65.5 Å². The molecule has 1 aromatic carbocycles. The highest BCUT2D eigenvalue weighted by Crippen LogP contribution is 2.30. The lowest BCUT2D eigenvalue weighted by atomic mass is 9.95. The molecule has 4 rings (SSSR count). The normalized spacial score (nSPS) is 13.6. The fourth-order valence-electron chi connectivity index (χ4n) is 3.82. The zero-order valence-electron chi connectivity index (χ0n) is 17.2. The van der Waals surface area contributed by atoms with E-state index in [1.54, 1.807) is 6.20 Å². The van der Waals surface area contributed by atoms with Crippen LogP contribution >= 0.6 is 0 Å². The number of nitrogens with zero attached hydrogens (tertiary/aromatic N) is 3. The van der Waals surface area contributed by atoms with E-state index in [0.29, 0.717) is 12.1 Å². The van der Waals surface area contributed by atoms with E-state index < -0.39 is 16.0 Å². The van der Waals surface area contributed by atoms with Crippen molar-refractivity contribution in [2.24, 2.45) is 0 Å². The summed E-state index contributed by atoms with van der Waals surface area (Å²) in [6, 6.07) is 11.4. The Kier molecular flexibility index (Phi) is 6.15. The molecular formula is C22H24N4O4S. The van der Waals surface area contributed by atoms with Crippen LogP contribution in [0, 0.1) is 0 Å². The summed E-state index contributed by atoms with van der Waals surface area (Å²) in [6.07, 6.45) is 5.85. The highest BCUT2D eigenvalue weighted by molar-refractivity contribution is 7.89. The van der Waals surface area contributed by atoms with Gasteiger partial charge in [-0.05, 0) is 62.1 Å². The van der Waals surface area contributed by atoms with Gasteiger partial charge in [0.15, 0.2) is 0 Å². The maximum atomic E-state index is 12.6. The van der Waals surface area contributed by atoms with Gasteiger partial charge in [0.25, 0.3) is 0 Å². The molecule has 0 saturated carbocycles. The summed E-state index contributed by atoms with van der Waals surface area (Å²) in [5, 5.41) is 4.76. The Morgan fingerprint density at radius 1 is 1.13 bits per heavy atom. The van der Waals surface area contributed by atoms with Gasteiger partial charge in [0.05, 0.1) is 29.8 Å². The molecule has 31 heavy (non-hydrogen) atoms. The minimum atomic E-state index is -3.70. The molecule has 0 atom stereocenters. The van der Waals surface area contributed by atoms with E-state index in [1.807, 2.05) is 22.9 Å². The fourth-order valence-corrected chi connectivity index (χ4v) is 4.84. The first-order chi connectivity index (χ1) is 15.0. The average molecular weight is 441 g/mol. The van der Waals surface area contributed by atoms with Crippen molar-refractivity contribution < 1.29 is 17.9 Å². The number of sulfonamides is 1. The largest absolute Gasteiger partial charge is 0.465 e. The lowest BCUT2D eigenvalue weighted by molar-refractivity contribution is 0.0600. The summed E-state index contributed by atoms with van der Waals surface area (Å²) in [7, 11) is -2.42. The number of hydrogen-bond donors (Lipinski definition) is 1. The molecular weight excluding hydrogens is 416 g/mol. The zero-order chi connectivity index (χ0) is 21.8. The second-order valence-corrected chi connectivity index (χ2v) is 9.10. The van der Waals surface area contributed by atoms with Gasteiger partial charge in [0.1, 0.15) is 5.69 Å². The Morgan fingerprint density at radius 2 is 1.90 bits per heavy atom. The molecule has 1 aliphatic carbocycles. The molecule has 0 fully saturated rings. The van der Waals surface area contributed by atoms with Crippen LogP contribution in [0.2, 0.25) is 0 Å². The van der Waals surface area contributed by atoms with Gasteiger partial charge in [-0.3, -0.25) is 9.67 Å².